The zero-order chi connectivity index (χ0) is 12.1. The molecule has 0 saturated heterocycles. The Bertz CT molecular complexity index is 362. The summed E-state index contributed by atoms with van der Waals surface area (Å²) in [7, 11) is 1.98. The van der Waals surface area contributed by atoms with Crippen LogP contribution in [0.2, 0.25) is 0 Å². The van der Waals surface area contributed by atoms with E-state index in [4.69, 9.17) is 4.74 Å². The lowest BCUT2D eigenvalue weighted by molar-refractivity contribution is 0.210. The van der Waals surface area contributed by atoms with E-state index in [1.807, 2.05) is 7.05 Å². The van der Waals surface area contributed by atoms with Gasteiger partial charge in [-0.3, -0.25) is 0 Å². The molecule has 1 aliphatic carbocycles. The zero-order valence-electron chi connectivity index (χ0n) is 11.0. The molecule has 0 saturated carbocycles. The predicted molar refractivity (Wildman–Crippen MR) is 71.7 cm³/mol. The van der Waals surface area contributed by atoms with Crippen molar-refractivity contribution in [2.45, 2.75) is 45.1 Å². The summed E-state index contributed by atoms with van der Waals surface area (Å²) >= 11 is 0. The van der Waals surface area contributed by atoms with E-state index in [1.54, 1.807) is 0 Å². The van der Waals surface area contributed by atoms with Crippen LogP contribution in [-0.2, 0) is 12.8 Å². The number of nitrogens with one attached hydrogen (secondary N) is 1. The maximum atomic E-state index is 5.94. The van der Waals surface area contributed by atoms with Gasteiger partial charge in [0.05, 0.1) is 6.10 Å². The molecule has 1 N–H and O–H groups in total. The van der Waals surface area contributed by atoms with Crippen LogP contribution in [0, 0.1) is 0 Å². The van der Waals surface area contributed by atoms with E-state index in [9.17, 15) is 0 Å². The van der Waals surface area contributed by atoms with Crippen LogP contribution in [0.5, 0.6) is 5.75 Å². The van der Waals surface area contributed by atoms with Crippen LogP contribution in [0.25, 0.3) is 0 Å². The number of hydrogen-bond donors (Lipinski definition) is 1. The Hall–Kier alpha value is -1.02. The van der Waals surface area contributed by atoms with Gasteiger partial charge in [-0.15, -0.1) is 0 Å². The Kier molecular flexibility index (Phi) is 4.43. The minimum Gasteiger partial charge on any atom is -0.491 e. The smallest absolute Gasteiger partial charge is 0.119 e. The quantitative estimate of drug-likeness (QED) is 0.844. The SMILES string of the molecule is CNCCC(C)Oc1ccc2c(c1)CCCC2. The highest BCUT2D eigenvalue weighted by Crippen LogP contribution is 2.26. The molecule has 2 nitrogen and oxygen atoms in total. The van der Waals surface area contributed by atoms with E-state index in [0.717, 1.165) is 18.7 Å². The average Bonchev–Trinajstić information content (AvgIpc) is 2.36. The summed E-state index contributed by atoms with van der Waals surface area (Å²) in [4.78, 5) is 0. The van der Waals surface area contributed by atoms with Crippen molar-refractivity contribution in [1.82, 2.24) is 5.32 Å². The molecule has 2 rings (SSSR count). The lowest BCUT2D eigenvalue weighted by Gasteiger charge is -2.19. The summed E-state index contributed by atoms with van der Waals surface area (Å²) in [6.45, 7) is 3.14. The molecular formula is C15H23NO. The van der Waals surface area contributed by atoms with Crippen LogP contribution in [0.3, 0.4) is 0 Å². The first-order valence-electron chi connectivity index (χ1n) is 6.72. The first-order chi connectivity index (χ1) is 8.29. The molecule has 0 heterocycles. The maximum absolute atomic E-state index is 5.94. The van der Waals surface area contributed by atoms with Gasteiger partial charge < -0.3 is 10.1 Å². The molecule has 1 aliphatic rings. The van der Waals surface area contributed by atoms with Gasteiger partial charge in [-0.25, -0.2) is 0 Å². The van der Waals surface area contributed by atoms with Gasteiger partial charge in [-0.1, -0.05) is 6.07 Å². The van der Waals surface area contributed by atoms with Crippen LogP contribution in [0.15, 0.2) is 18.2 Å². The monoisotopic (exact) mass is 233 g/mol. The van der Waals surface area contributed by atoms with Gasteiger partial charge in [0.1, 0.15) is 5.75 Å². The highest BCUT2D eigenvalue weighted by Gasteiger charge is 2.11. The van der Waals surface area contributed by atoms with Crippen LogP contribution < -0.4 is 10.1 Å². The number of aryl methyl sites for hydroxylation is 2. The Morgan fingerprint density at radius 2 is 2.00 bits per heavy atom. The molecule has 0 radical (unpaired) electrons. The van der Waals surface area contributed by atoms with Crippen molar-refractivity contribution in [2.75, 3.05) is 13.6 Å². The van der Waals surface area contributed by atoms with Gasteiger partial charge in [0, 0.05) is 0 Å². The second-order valence-corrected chi connectivity index (χ2v) is 4.96. The molecule has 0 amide bonds. The Morgan fingerprint density at radius 3 is 2.76 bits per heavy atom. The second kappa shape index (κ2) is 6.06. The summed E-state index contributed by atoms with van der Waals surface area (Å²) in [6.07, 6.45) is 6.46. The molecule has 0 aromatic heterocycles. The molecule has 0 aliphatic heterocycles. The molecule has 0 fully saturated rings. The van der Waals surface area contributed by atoms with Gasteiger partial charge >= 0.3 is 0 Å². The normalized spacial score (nSPS) is 16.4. The van der Waals surface area contributed by atoms with Gasteiger partial charge in [-0.2, -0.15) is 0 Å². The fourth-order valence-corrected chi connectivity index (χ4v) is 2.42. The second-order valence-electron chi connectivity index (χ2n) is 4.96. The number of rotatable bonds is 5. The molecule has 1 unspecified atom stereocenters. The van der Waals surface area contributed by atoms with Gasteiger partial charge in [0.2, 0.25) is 0 Å². The van der Waals surface area contributed by atoms with E-state index < -0.39 is 0 Å². The Balaban J connectivity index is 1.97. The average molecular weight is 233 g/mol. The highest BCUT2D eigenvalue weighted by atomic mass is 16.5. The fourth-order valence-electron chi connectivity index (χ4n) is 2.42. The number of hydrogen-bond acceptors (Lipinski definition) is 2. The van der Waals surface area contributed by atoms with E-state index in [2.05, 4.69) is 30.4 Å². The molecule has 1 atom stereocenters. The topological polar surface area (TPSA) is 21.3 Å². The minimum atomic E-state index is 0.282. The van der Waals surface area contributed by atoms with Crippen LogP contribution >= 0.6 is 0 Å². The largest absolute Gasteiger partial charge is 0.491 e. The summed E-state index contributed by atoms with van der Waals surface area (Å²) in [5.41, 5.74) is 3.01. The van der Waals surface area contributed by atoms with Crippen molar-refractivity contribution in [3.63, 3.8) is 0 Å². The molecule has 17 heavy (non-hydrogen) atoms. The molecule has 1 aromatic carbocycles. The van der Waals surface area contributed by atoms with Crippen LogP contribution in [0.1, 0.15) is 37.3 Å². The third-order valence-electron chi connectivity index (χ3n) is 3.46. The molecule has 94 valence electrons. The zero-order valence-corrected chi connectivity index (χ0v) is 11.0. The van der Waals surface area contributed by atoms with Crippen molar-refractivity contribution in [3.05, 3.63) is 29.3 Å². The van der Waals surface area contributed by atoms with E-state index in [0.29, 0.717) is 0 Å². The van der Waals surface area contributed by atoms with Crippen molar-refractivity contribution in [3.8, 4) is 5.75 Å². The standard InChI is InChI=1S/C15H23NO/c1-12(9-10-16-2)17-15-8-7-13-5-3-4-6-14(13)11-15/h7-8,11-12,16H,3-6,9-10H2,1-2H3. The maximum Gasteiger partial charge on any atom is 0.119 e. The van der Waals surface area contributed by atoms with Crippen molar-refractivity contribution in [2.24, 2.45) is 0 Å². The lowest BCUT2D eigenvalue weighted by Crippen LogP contribution is -2.19. The number of benzene rings is 1. The summed E-state index contributed by atoms with van der Waals surface area (Å²) in [5.74, 6) is 1.04. The summed E-state index contributed by atoms with van der Waals surface area (Å²) in [6, 6.07) is 6.61. The fraction of sp³-hybridized carbons (Fsp3) is 0.600. The van der Waals surface area contributed by atoms with Crippen molar-refractivity contribution < 1.29 is 4.74 Å². The van der Waals surface area contributed by atoms with E-state index in [1.165, 1.54) is 36.8 Å². The molecular weight excluding hydrogens is 210 g/mol. The first-order valence-corrected chi connectivity index (χ1v) is 6.72. The highest BCUT2D eigenvalue weighted by molar-refractivity contribution is 5.37. The van der Waals surface area contributed by atoms with Crippen LogP contribution in [0.4, 0.5) is 0 Å². The van der Waals surface area contributed by atoms with Crippen molar-refractivity contribution >= 4 is 0 Å². The Morgan fingerprint density at radius 1 is 1.24 bits per heavy atom. The van der Waals surface area contributed by atoms with Gasteiger partial charge in [0.15, 0.2) is 0 Å². The molecule has 2 heteroatoms. The summed E-state index contributed by atoms with van der Waals surface area (Å²) in [5, 5.41) is 3.15. The van der Waals surface area contributed by atoms with Crippen LogP contribution in [-0.4, -0.2) is 19.7 Å². The van der Waals surface area contributed by atoms with Crippen molar-refractivity contribution in [1.29, 1.82) is 0 Å². The first kappa shape index (κ1) is 12.4. The molecule has 0 spiro atoms. The summed E-state index contributed by atoms with van der Waals surface area (Å²) < 4.78 is 5.94. The predicted octanol–water partition coefficient (Wildman–Crippen LogP) is 2.94. The molecule has 0 bridgehead atoms. The Labute approximate surface area is 104 Å². The third kappa shape index (κ3) is 3.47. The lowest BCUT2D eigenvalue weighted by atomic mass is 9.92. The third-order valence-corrected chi connectivity index (χ3v) is 3.46. The minimum absolute atomic E-state index is 0.282. The molecule has 1 aromatic rings. The van der Waals surface area contributed by atoms with E-state index in [-0.39, 0.29) is 6.10 Å². The number of ether oxygens (including phenoxy) is 1. The van der Waals surface area contributed by atoms with Gasteiger partial charge in [0.25, 0.3) is 0 Å². The van der Waals surface area contributed by atoms with E-state index >= 15 is 0 Å². The van der Waals surface area contributed by atoms with Gasteiger partial charge in [-0.05, 0) is 75.9 Å². The number of fused-ring (bicyclic) bond motifs is 1.